The zero-order valence-electron chi connectivity index (χ0n) is 8.58. The van der Waals surface area contributed by atoms with E-state index in [-0.39, 0.29) is 0 Å². The van der Waals surface area contributed by atoms with Crippen molar-refractivity contribution in [3.8, 4) is 11.8 Å². The molecule has 0 saturated carbocycles. The van der Waals surface area contributed by atoms with Crippen molar-refractivity contribution in [3.05, 3.63) is 28.7 Å². The second-order valence-corrected chi connectivity index (χ2v) is 3.14. The highest BCUT2D eigenvalue weighted by Gasteiger charge is 1.99. The molecule has 14 heavy (non-hydrogen) atoms. The molecule has 1 aromatic heterocycles. The van der Waals surface area contributed by atoms with Gasteiger partial charge < -0.3 is 5.21 Å². The van der Waals surface area contributed by atoms with Gasteiger partial charge in [-0.3, -0.25) is 0 Å². The first-order valence-corrected chi connectivity index (χ1v) is 4.80. The maximum atomic E-state index is 11.1. The number of hydrogen-bond donors (Lipinski definition) is 0. The fourth-order valence-corrected chi connectivity index (χ4v) is 0.958. The monoisotopic (exact) mass is 190 g/mol. The first-order valence-electron chi connectivity index (χ1n) is 4.80. The van der Waals surface area contributed by atoms with E-state index >= 15 is 0 Å². The van der Waals surface area contributed by atoms with E-state index in [1.54, 1.807) is 19.1 Å². The van der Waals surface area contributed by atoms with Crippen molar-refractivity contribution in [1.29, 1.82) is 0 Å². The third-order valence-corrected chi connectivity index (χ3v) is 1.85. The van der Waals surface area contributed by atoms with Gasteiger partial charge in [0.25, 0.3) is 0 Å². The SMILES string of the molecule is CCCCC#Cc1ccc(C)[n+]([O-])n1. The Morgan fingerprint density at radius 1 is 1.50 bits per heavy atom. The lowest BCUT2D eigenvalue weighted by Gasteiger charge is -1.95. The van der Waals surface area contributed by atoms with Crippen LogP contribution in [0.4, 0.5) is 0 Å². The molecule has 0 unspecified atom stereocenters. The van der Waals surface area contributed by atoms with Crippen molar-refractivity contribution in [2.45, 2.75) is 33.1 Å². The number of nitrogens with zero attached hydrogens (tertiary/aromatic N) is 2. The van der Waals surface area contributed by atoms with Gasteiger partial charge in [0, 0.05) is 24.5 Å². The summed E-state index contributed by atoms with van der Waals surface area (Å²) in [5.74, 6) is 5.85. The molecule has 0 radical (unpaired) electrons. The van der Waals surface area contributed by atoms with Crippen LogP contribution in [-0.4, -0.2) is 5.10 Å². The maximum absolute atomic E-state index is 11.1. The fraction of sp³-hybridized carbons (Fsp3) is 0.455. The molecule has 0 amide bonds. The van der Waals surface area contributed by atoms with E-state index in [9.17, 15) is 5.21 Å². The quantitative estimate of drug-likeness (QED) is 0.307. The predicted molar refractivity (Wildman–Crippen MR) is 54.3 cm³/mol. The van der Waals surface area contributed by atoms with Crippen LogP contribution in [0.25, 0.3) is 0 Å². The molecule has 0 aliphatic rings. The van der Waals surface area contributed by atoms with Gasteiger partial charge in [-0.1, -0.05) is 24.1 Å². The molecule has 74 valence electrons. The number of aromatic nitrogens is 2. The largest absolute Gasteiger partial charge is 0.594 e. The summed E-state index contributed by atoms with van der Waals surface area (Å²) in [4.78, 5) is 0.601. The van der Waals surface area contributed by atoms with Crippen LogP contribution in [0, 0.1) is 24.0 Å². The zero-order valence-corrected chi connectivity index (χ0v) is 8.58. The Labute approximate surface area is 84.4 Å². The fourth-order valence-electron chi connectivity index (χ4n) is 0.958. The third kappa shape index (κ3) is 3.06. The Hall–Kier alpha value is -1.56. The van der Waals surface area contributed by atoms with Gasteiger partial charge in [0.1, 0.15) is 0 Å². The lowest BCUT2D eigenvalue weighted by atomic mass is 10.2. The maximum Gasteiger partial charge on any atom is 0.218 e. The Morgan fingerprint density at radius 3 is 2.93 bits per heavy atom. The van der Waals surface area contributed by atoms with E-state index in [1.807, 2.05) is 0 Å². The highest BCUT2D eigenvalue weighted by atomic mass is 16.5. The molecule has 3 heteroatoms. The van der Waals surface area contributed by atoms with Crippen LogP contribution in [0.1, 0.15) is 37.6 Å². The topological polar surface area (TPSA) is 39.8 Å². The van der Waals surface area contributed by atoms with Crippen LogP contribution in [0.3, 0.4) is 0 Å². The second-order valence-electron chi connectivity index (χ2n) is 3.14. The summed E-state index contributed by atoms with van der Waals surface area (Å²) in [5.41, 5.74) is 1.13. The van der Waals surface area contributed by atoms with Crippen molar-refractivity contribution in [2.24, 2.45) is 0 Å². The standard InChI is InChI=1S/C11H14N2O/c1-3-4-5-6-7-11-9-8-10(2)13(14)12-11/h8-9H,3-5H2,1-2H3. The minimum absolute atomic E-state index is 0.543. The van der Waals surface area contributed by atoms with Gasteiger partial charge in [0.05, 0.1) is 0 Å². The molecular formula is C11H14N2O. The molecule has 0 saturated heterocycles. The summed E-state index contributed by atoms with van der Waals surface area (Å²) < 4.78 is 0. The van der Waals surface area contributed by atoms with Crippen LogP contribution in [-0.2, 0) is 0 Å². The van der Waals surface area contributed by atoms with E-state index in [0.29, 0.717) is 16.2 Å². The molecule has 0 spiro atoms. The molecule has 0 aliphatic heterocycles. The minimum Gasteiger partial charge on any atom is -0.594 e. The molecular weight excluding hydrogens is 176 g/mol. The van der Waals surface area contributed by atoms with Crippen LogP contribution < -0.4 is 4.85 Å². The summed E-state index contributed by atoms with van der Waals surface area (Å²) in [6.07, 6.45) is 3.10. The summed E-state index contributed by atoms with van der Waals surface area (Å²) >= 11 is 0. The van der Waals surface area contributed by atoms with Gasteiger partial charge in [0.15, 0.2) is 5.69 Å². The van der Waals surface area contributed by atoms with Gasteiger partial charge >= 0.3 is 0 Å². The van der Waals surface area contributed by atoms with Crippen molar-refractivity contribution in [1.82, 2.24) is 5.10 Å². The van der Waals surface area contributed by atoms with Crippen LogP contribution >= 0.6 is 0 Å². The molecule has 0 aromatic carbocycles. The van der Waals surface area contributed by atoms with Crippen molar-refractivity contribution in [2.75, 3.05) is 0 Å². The van der Waals surface area contributed by atoms with E-state index in [1.165, 1.54) is 0 Å². The first kappa shape index (κ1) is 10.5. The van der Waals surface area contributed by atoms with E-state index in [0.717, 1.165) is 19.3 Å². The summed E-state index contributed by atoms with van der Waals surface area (Å²) in [6, 6.07) is 3.49. The summed E-state index contributed by atoms with van der Waals surface area (Å²) in [7, 11) is 0. The van der Waals surface area contributed by atoms with Crippen molar-refractivity contribution in [3.63, 3.8) is 0 Å². The highest BCUT2D eigenvalue weighted by Crippen LogP contribution is 1.94. The summed E-state index contributed by atoms with van der Waals surface area (Å²) in [6.45, 7) is 3.84. The first-order chi connectivity index (χ1) is 6.74. The average Bonchev–Trinajstić information content (AvgIpc) is 2.18. The average molecular weight is 190 g/mol. The van der Waals surface area contributed by atoms with E-state index < -0.39 is 0 Å². The second kappa shape index (κ2) is 5.23. The molecule has 0 N–H and O–H groups in total. The third-order valence-electron chi connectivity index (χ3n) is 1.85. The van der Waals surface area contributed by atoms with E-state index in [2.05, 4.69) is 23.9 Å². The number of hydrogen-bond acceptors (Lipinski definition) is 2. The minimum atomic E-state index is 0.543. The molecule has 0 atom stereocenters. The smallest absolute Gasteiger partial charge is 0.218 e. The highest BCUT2D eigenvalue weighted by molar-refractivity contribution is 5.25. The normalized spacial score (nSPS) is 9.29. The molecule has 0 bridgehead atoms. The molecule has 1 aromatic rings. The Morgan fingerprint density at radius 2 is 2.29 bits per heavy atom. The zero-order chi connectivity index (χ0) is 10.4. The molecule has 0 aliphatic carbocycles. The summed E-state index contributed by atoms with van der Waals surface area (Å²) in [5, 5.41) is 14.8. The van der Waals surface area contributed by atoms with Gasteiger partial charge in [-0.05, 0) is 18.4 Å². The van der Waals surface area contributed by atoms with Crippen LogP contribution in [0.15, 0.2) is 12.1 Å². The van der Waals surface area contributed by atoms with Crippen molar-refractivity contribution < 1.29 is 4.85 Å². The van der Waals surface area contributed by atoms with Gasteiger partial charge in [-0.2, -0.15) is 0 Å². The van der Waals surface area contributed by atoms with Crippen molar-refractivity contribution >= 4 is 0 Å². The van der Waals surface area contributed by atoms with E-state index in [4.69, 9.17) is 0 Å². The van der Waals surface area contributed by atoms with Gasteiger partial charge in [-0.25, -0.2) is 0 Å². The number of aryl methyl sites for hydroxylation is 1. The Bertz CT molecular complexity index is 363. The Kier molecular flexibility index (Phi) is 3.93. The van der Waals surface area contributed by atoms with Crippen LogP contribution in [0.5, 0.6) is 0 Å². The predicted octanol–water partition coefficient (Wildman–Crippen LogP) is 1.57. The number of unbranched alkanes of at least 4 members (excludes halogenated alkanes) is 2. The lowest BCUT2D eigenvalue weighted by Crippen LogP contribution is -2.35. The van der Waals surface area contributed by atoms with Crippen LogP contribution in [0.2, 0.25) is 0 Å². The lowest BCUT2D eigenvalue weighted by molar-refractivity contribution is -0.675. The Balaban J connectivity index is 2.66. The number of rotatable bonds is 2. The molecule has 0 fully saturated rings. The molecule has 1 rings (SSSR count). The van der Waals surface area contributed by atoms with Gasteiger partial charge in [0.2, 0.25) is 5.69 Å². The molecule has 1 heterocycles. The molecule has 3 nitrogen and oxygen atoms in total. The van der Waals surface area contributed by atoms with Gasteiger partial charge in [-0.15, -0.1) is 0 Å².